The maximum atomic E-state index is 9.51. The summed E-state index contributed by atoms with van der Waals surface area (Å²) < 4.78 is 141. The Kier molecular flexibility index (Phi) is 4.70. The minimum Gasteiger partial charge on any atom is -0.456 e. The standard InChI is InChI=1S/C51H32N4O/c1-3-13-33(14-4-1)34-23-25-36(26-24-34)50-52-49(35-15-5-2-6-16-35)53-51(54-50)43-31-37(38-27-29-42-41-19-9-12-22-47(41)56-48(42)32-38)28-30-46(43)55-44-20-10-7-17-39(44)40-18-8-11-21-45(40)55/h1-32H/i7D,8D,9D,10D,11D,12D,17D,18D,19D,20D,21D,22D,27D,29D,32D. The summed E-state index contributed by atoms with van der Waals surface area (Å²) in [5.74, 6) is 0.377. The molecule has 56 heavy (non-hydrogen) atoms. The van der Waals surface area contributed by atoms with E-state index in [1.807, 2.05) is 60.7 Å². The number of benzene rings is 8. The van der Waals surface area contributed by atoms with Gasteiger partial charge in [0.2, 0.25) is 0 Å². The molecule has 5 nitrogen and oxygen atoms in total. The number of aromatic nitrogens is 4. The summed E-state index contributed by atoms with van der Waals surface area (Å²) in [7, 11) is 0. The Morgan fingerprint density at radius 1 is 0.411 bits per heavy atom. The molecule has 3 aromatic heterocycles. The summed E-state index contributed by atoms with van der Waals surface area (Å²) >= 11 is 0. The van der Waals surface area contributed by atoms with E-state index in [2.05, 4.69) is 0 Å². The summed E-state index contributed by atoms with van der Waals surface area (Å²) in [4.78, 5) is 14.9. The molecule has 262 valence electrons. The lowest BCUT2D eigenvalue weighted by atomic mass is 9.99. The van der Waals surface area contributed by atoms with Gasteiger partial charge in [0.05, 0.1) is 37.3 Å². The first-order chi connectivity index (χ1) is 34.0. The van der Waals surface area contributed by atoms with E-state index in [9.17, 15) is 6.85 Å². The topological polar surface area (TPSA) is 56.7 Å². The fourth-order valence-corrected chi connectivity index (χ4v) is 6.95. The number of hydrogen-bond donors (Lipinski definition) is 0. The highest BCUT2D eigenvalue weighted by atomic mass is 16.3. The van der Waals surface area contributed by atoms with E-state index in [4.69, 9.17) is 33.1 Å². The Labute approximate surface area is 343 Å². The maximum absolute atomic E-state index is 9.51. The van der Waals surface area contributed by atoms with Crippen LogP contribution in [0.25, 0.3) is 106 Å². The Morgan fingerprint density at radius 3 is 1.62 bits per heavy atom. The highest BCUT2D eigenvalue weighted by molar-refractivity contribution is 6.10. The molecule has 0 N–H and O–H groups in total. The van der Waals surface area contributed by atoms with E-state index >= 15 is 0 Å². The molecule has 0 aliphatic carbocycles. The number of hydrogen-bond acceptors (Lipinski definition) is 4. The normalized spacial score (nSPS) is 15.3. The summed E-state index contributed by atoms with van der Waals surface area (Å²) in [5, 5.41) is -0.635. The number of rotatable bonds is 6. The molecule has 0 unspecified atom stereocenters. The fraction of sp³-hybridized carbons (Fsp3) is 0. The number of nitrogens with zero attached hydrogens (tertiary/aromatic N) is 4. The first kappa shape index (κ1) is 20.2. The molecule has 0 fully saturated rings. The Morgan fingerprint density at radius 2 is 0.929 bits per heavy atom. The molecule has 0 aliphatic heterocycles. The van der Waals surface area contributed by atoms with Gasteiger partial charge in [-0.15, -0.1) is 0 Å². The lowest BCUT2D eigenvalue weighted by Gasteiger charge is -2.16. The van der Waals surface area contributed by atoms with E-state index in [1.54, 1.807) is 24.3 Å². The third kappa shape index (κ3) is 5.37. The maximum Gasteiger partial charge on any atom is 0.166 e. The van der Waals surface area contributed by atoms with Crippen LogP contribution in [-0.4, -0.2) is 19.5 Å². The van der Waals surface area contributed by atoms with Gasteiger partial charge in [-0.25, -0.2) is 15.0 Å². The second kappa shape index (κ2) is 13.0. The second-order valence-electron chi connectivity index (χ2n) is 12.9. The van der Waals surface area contributed by atoms with Crippen LogP contribution in [0, 0.1) is 0 Å². The van der Waals surface area contributed by atoms with Crippen LogP contribution >= 0.6 is 0 Å². The van der Waals surface area contributed by atoms with Crippen molar-refractivity contribution in [2.45, 2.75) is 0 Å². The van der Waals surface area contributed by atoms with Crippen molar-refractivity contribution in [2.75, 3.05) is 0 Å². The van der Waals surface area contributed by atoms with Crippen LogP contribution in [0.1, 0.15) is 20.6 Å². The molecule has 0 aliphatic rings. The molecule has 0 bridgehead atoms. The van der Waals surface area contributed by atoms with Crippen LogP contribution in [0.5, 0.6) is 0 Å². The molecule has 3 heterocycles. The minimum absolute atomic E-state index is 0.0351. The Hall–Kier alpha value is -7.63. The largest absolute Gasteiger partial charge is 0.456 e. The fourth-order valence-electron chi connectivity index (χ4n) is 6.95. The van der Waals surface area contributed by atoms with E-state index in [1.165, 1.54) is 22.8 Å². The van der Waals surface area contributed by atoms with Crippen molar-refractivity contribution in [3.8, 4) is 62.1 Å². The van der Waals surface area contributed by atoms with Crippen molar-refractivity contribution < 1.29 is 25.0 Å². The zero-order valence-corrected chi connectivity index (χ0v) is 29.0. The number of furan rings is 1. The molecular formula is C51H32N4O. The molecular weight excluding hydrogens is 685 g/mol. The third-order valence-electron chi connectivity index (χ3n) is 9.60. The number of para-hydroxylation sites is 3. The van der Waals surface area contributed by atoms with Gasteiger partial charge in [-0.3, -0.25) is 0 Å². The summed E-state index contributed by atoms with van der Waals surface area (Å²) in [6.45, 7) is 0. The molecule has 0 spiro atoms. The van der Waals surface area contributed by atoms with Crippen LogP contribution in [0.15, 0.2) is 198 Å². The van der Waals surface area contributed by atoms with Gasteiger partial charge in [0.25, 0.3) is 0 Å². The molecule has 11 rings (SSSR count). The summed E-state index contributed by atoms with van der Waals surface area (Å²) in [6.07, 6.45) is 0. The average molecular weight is 732 g/mol. The molecule has 0 amide bonds. The number of fused-ring (bicyclic) bond motifs is 6. The highest BCUT2D eigenvalue weighted by Gasteiger charge is 2.21. The zero-order valence-electron chi connectivity index (χ0n) is 44.0. The van der Waals surface area contributed by atoms with Gasteiger partial charge in [-0.05, 0) is 64.6 Å². The lowest BCUT2D eigenvalue weighted by molar-refractivity contribution is 0.669. The zero-order chi connectivity index (χ0) is 50.1. The lowest BCUT2D eigenvalue weighted by Crippen LogP contribution is -2.04. The van der Waals surface area contributed by atoms with Crippen molar-refractivity contribution in [1.82, 2.24) is 19.5 Å². The van der Waals surface area contributed by atoms with E-state index in [0.717, 1.165) is 11.1 Å². The molecule has 8 aromatic carbocycles. The summed E-state index contributed by atoms with van der Waals surface area (Å²) in [6, 6.07) is 22.5. The van der Waals surface area contributed by atoms with Crippen LogP contribution in [0.4, 0.5) is 0 Å². The molecule has 0 saturated heterocycles. The smallest absolute Gasteiger partial charge is 0.166 e. The van der Waals surface area contributed by atoms with Gasteiger partial charge in [-0.2, -0.15) is 0 Å². The monoisotopic (exact) mass is 731 g/mol. The summed E-state index contributed by atoms with van der Waals surface area (Å²) in [5.41, 5.74) is 2.27. The first-order valence-corrected chi connectivity index (χ1v) is 17.6. The van der Waals surface area contributed by atoms with E-state index in [0.29, 0.717) is 11.1 Å². The minimum atomic E-state index is -0.630. The van der Waals surface area contributed by atoms with Crippen LogP contribution in [-0.2, 0) is 0 Å². The van der Waals surface area contributed by atoms with Gasteiger partial charge in [0.15, 0.2) is 17.5 Å². The van der Waals surface area contributed by atoms with Crippen LogP contribution in [0.2, 0.25) is 0 Å². The Balaban J connectivity index is 1.27. The first-order valence-electron chi connectivity index (χ1n) is 25.1. The van der Waals surface area contributed by atoms with Crippen molar-refractivity contribution in [2.24, 2.45) is 0 Å². The highest BCUT2D eigenvalue weighted by Crippen LogP contribution is 2.39. The average Bonchev–Trinajstić information content (AvgIpc) is 3.98. The molecule has 0 saturated carbocycles. The molecule has 0 atom stereocenters. The third-order valence-corrected chi connectivity index (χ3v) is 9.60. The quantitative estimate of drug-likeness (QED) is 0.171. The Bertz CT molecular complexity index is 4030. The predicted molar refractivity (Wildman–Crippen MR) is 229 cm³/mol. The molecule has 0 radical (unpaired) electrons. The van der Waals surface area contributed by atoms with Gasteiger partial charge in [0, 0.05) is 38.2 Å². The molecule has 11 aromatic rings. The van der Waals surface area contributed by atoms with Gasteiger partial charge >= 0.3 is 0 Å². The van der Waals surface area contributed by atoms with Gasteiger partial charge in [0.1, 0.15) is 11.2 Å². The van der Waals surface area contributed by atoms with Crippen molar-refractivity contribution in [3.05, 3.63) is 194 Å². The van der Waals surface area contributed by atoms with E-state index < -0.39 is 90.6 Å². The van der Waals surface area contributed by atoms with Gasteiger partial charge < -0.3 is 8.98 Å². The van der Waals surface area contributed by atoms with Crippen LogP contribution in [0.3, 0.4) is 0 Å². The van der Waals surface area contributed by atoms with E-state index in [-0.39, 0.29) is 83.6 Å². The van der Waals surface area contributed by atoms with Crippen molar-refractivity contribution in [1.29, 1.82) is 0 Å². The van der Waals surface area contributed by atoms with Crippen molar-refractivity contribution >= 4 is 43.7 Å². The second-order valence-corrected chi connectivity index (χ2v) is 12.9. The van der Waals surface area contributed by atoms with Gasteiger partial charge in [-0.1, -0.05) is 151 Å². The van der Waals surface area contributed by atoms with Crippen molar-refractivity contribution in [3.63, 3.8) is 0 Å². The van der Waals surface area contributed by atoms with Crippen LogP contribution < -0.4 is 0 Å². The predicted octanol–water partition coefficient (Wildman–Crippen LogP) is 13.2. The SMILES string of the molecule is [2H]c1c([2H])c([2H])c2c(oc3c([2H])c(-c4ccc(-n5c6c([2H])c([2H])c([2H])c([2H])c6c6c([2H])c([2H])c([2H])c([2H])c65)c(-c5nc(-c6ccccc6)nc(-c6ccc(-c7ccccc7)cc6)n5)c4)c([2H])c([2H])c32)c1[2H]. The molecule has 5 heteroatoms.